The third kappa shape index (κ3) is 47.3. The van der Waals surface area contributed by atoms with Crippen molar-refractivity contribution in [1.29, 1.82) is 0 Å². The van der Waals surface area contributed by atoms with Gasteiger partial charge < -0.3 is 20.3 Å². The molecule has 0 aliphatic heterocycles. The molecule has 0 aliphatic carbocycles. The number of allylic oxidation sites excluding steroid dienone is 15. The summed E-state index contributed by atoms with van der Waals surface area (Å²) in [4.78, 5) is 26.2. The van der Waals surface area contributed by atoms with Crippen LogP contribution >= 0.6 is 0 Å². The SMILES string of the molecule is CC/C=C\C/C=C\C/C=C\C/C=C\C/C=C\C/C=C\C(CC(=O)NC(CO)C(O)CCCCCCCCCCCCCCC)OC(=O)CCCCCCCCC/C=C\C/C=C\CCCCC. The van der Waals surface area contributed by atoms with E-state index < -0.39 is 18.2 Å². The Kier molecular flexibility index (Phi) is 50.2. The molecule has 0 aromatic heterocycles. The second-order valence-corrected chi connectivity index (χ2v) is 18.2. The molecule has 66 heavy (non-hydrogen) atoms. The molecule has 0 saturated heterocycles. The highest BCUT2D eigenvalue weighted by Gasteiger charge is 2.23. The maximum absolute atomic E-state index is 13.2. The Morgan fingerprint density at radius 2 is 0.848 bits per heavy atom. The van der Waals surface area contributed by atoms with Gasteiger partial charge in [0.05, 0.1) is 25.2 Å². The van der Waals surface area contributed by atoms with E-state index in [2.05, 4.69) is 111 Å². The number of carbonyl (C=O) groups is 2. The van der Waals surface area contributed by atoms with E-state index in [1.807, 2.05) is 6.08 Å². The summed E-state index contributed by atoms with van der Waals surface area (Å²) in [5, 5.41) is 23.8. The first-order chi connectivity index (χ1) is 32.5. The minimum absolute atomic E-state index is 0.0548. The van der Waals surface area contributed by atoms with Gasteiger partial charge in [-0.15, -0.1) is 0 Å². The second kappa shape index (κ2) is 52.7. The van der Waals surface area contributed by atoms with Crippen LogP contribution < -0.4 is 5.32 Å². The highest BCUT2D eigenvalue weighted by molar-refractivity contribution is 5.78. The largest absolute Gasteiger partial charge is 0.458 e. The number of ether oxygens (including phenoxy) is 1. The Labute approximate surface area is 407 Å². The van der Waals surface area contributed by atoms with Gasteiger partial charge in [0.2, 0.25) is 5.91 Å². The van der Waals surface area contributed by atoms with Crippen molar-refractivity contribution in [2.24, 2.45) is 0 Å². The molecule has 0 spiro atoms. The number of hydrogen-bond acceptors (Lipinski definition) is 5. The molecule has 6 heteroatoms. The molecule has 0 heterocycles. The number of nitrogens with one attached hydrogen (secondary N) is 1. The van der Waals surface area contributed by atoms with Gasteiger partial charge in [-0.1, -0.05) is 240 Å². The van der Waals surface area contributed by atoms with Crippen LogP contribution in [0.1, 0.15) is 245 Å². The average Bonchev–Trinajstić information content (AvgIpc) is 3.31. The molecular formula is C60H103NO5. The lowest BCUT2D eigenvalue weighted by atomic mass is 10.0. The van der Waals surface area contributed by atoms with Crippen molar-refractivity contribution in [3.63, 3.8) is 0 Å². The Morgan fingerprint density at radius 3 is 1.32 bits per heavy atom. The van der Waals surface area contributed by atoms with Gasteiger partial charge >= 0.3 is 5.97 Å². The number of unbranched alkanes of at least 4 members (excludes halogenated alkanes) is 22. The van der Waals surface area contributed by atoms with Crippen molar-refractivity contribution in [3.05, 3.63) is 97.2 Å². The molecule has 0 radical (unpaired) electrons. The summed E-state index contributed by atoms with van der Waals surface area (Å²) in [5.41, 5.74) is 0. The first-order valence-electron chi connectivity index (χ1n) is 27.5. The lowest BCUT2D eigenvalue weighted by molar-refractivity contribution is -0.148. The number of aliphatic hydroxyl groups excluding tert-OH is 2. The molecule has 6 nitrogen and oxygen atoms in total. The first-order valence-corrected chi connectivity index (χ1v) is 27.5. The molecule has 3 atom stereocenters. The highest BCUT2D eigenvalue weighted by Crippen LogP contribution is 2.16. The van der Waals surface area contributed by atoms with Crippen LogP contribution in [0.25, 0.3) is 0 Å². The summed E-state index contributed by atoms with van der Waals surface area (Å²) in [6, 6.07) is -0.750. The fourth-order valence-electron chi connectivity index (χ4n) is 7.75. The molecule has 3 unspecified atom stereocenters. The summed E-state index contributed by atoms with van der Waals surface area (Å²) in [7, 11) is 0. The van der Waals surface area contributed by atoms with Crippen LogP contribution in [0, 0.1) is 0 Å². The normalized spacial score (nSPS) is 14.0. The van der Waals surface area contributed by atoms with E-state index in [1.165, 1.54) is 116 Å². The average molecular weight is 918 g/mol. The minimum Gasteiger partial charge on any atom is -0.458 e. The number of amides is 1. The van der Waals surface area contributed by atoms with Crippen molar-refractivity contribution in [2.75, 3.05) is 6.61 Å². The fraction of sp³-hybridized carbons (Fsp3) is 0.700. The summed E-state index contributed by atoms with van der Waals surface area (Å²) >= 11 is 0. The van der Waals surface area contributed by atoms with E-state index in [0.717, 1.165) is 83.5 Å². The van der Waals surface area contributed by atoms with Gasteiger partial charge in [0.15, 0.2) is 0 Å². The zero-order valence-electron chi connectivity index (χ0n) is 43.0. The van der Waals surface area contributed by atoms with Crippen LogP contribution in [0.4, 0.5) is 0 Å². The van der Waals surface area contributed by atoms with E-state index in [-0.39, 0.29) is 24.9 Å². The maximum Gasteiger partial charge on any atom is 0.306 e. The van der Waals surface area contributed by atoms with Gasteiger partial charge in [-0.25, -0.2) is 0 Å². The Balaban J connectivity index is 4.77. The van der Waals surface area contributed by atoms with Crippen LogP contribution in [0.3, 0.4) is 0 Å². The molecule has 378 valence electrons. The molecule has 1 amide bonds. The third-order valence-corrected chi connectivity index (χ3v) is 11.9. The predicted molar refractivity (Wildman–Crippen MR) is 287 cm³/mol. The molecular weight excluding hydrogens is 815 g/mol. The van der Waals surface area contributed by atoms with E-state index in [4.69, 9.17) is 4.74 Å². The van der Waals surface area contributed by atoms with Crippen LogP contribution in [0.5, 0.6) is 0 Å². The summed E-state index contributed by atoms with van der Waals surface area (Å²) < 4.78 is 5.84. The van der Waals surface area contributed by atoms with Gasteiger partial charge in [-0.05, 0) is 89.5 Å². The molecule has 0 rings (SSSR count). The molecule has 0 aliphatic rings. The highest BCUT2D eigenvalue weighted by atomic mass is 16.5. The Bertz CT molecular complexity index is 1310. The second-order valence-electron chi connectivity index (χ2n) is 18.2. The molecule has 0 bridgehead atoms. The van der Waals surface area contributed by atoms with Crippen LogP contribution in [-0.2, 0) is 14.3 Å². The fourth-order valence-corrected chi connectivity index (χ4v) is 7.75. The van der Waals surface area contributed by atoms with Crippen LogP contribution in [0.15, 0.2) is 97.2 Å². The van der Waals surface area contributed by atoms with Crippen molar-refractivity contribution in [3.8, 4) is 0 Å². The number of hydrogen-bond donors (Lipinski definition) is 3. The van der Waals surface area contributed by atoms with Crippen molar-refractivity contribution < 1.29 is 24.5 Å². The lowest BCUT2D eigenvalue weighted by Gasteiger charge is -2.23. The van der Waals surface area contributed by atoms with Gasteiger partial charge in [-0.3, -0.25) is 9.59 Å². The summed E-state index contributed by atoms with van der Waals surface area (Å²) in [6.07, 6.45) is 70.7. The third-order valence-electron chi connectivity index (χ3n) is 11.9. The number of carbonyl (C=O) groups excluding carboxylic acids is 2. The van der Waals surface area contributed by atoms with Gasteiger partial charge in [-0.2, -0.15) is 0 Å². The monoisotopic (exact) mass is 918 g/mol. The van der Waals surface area contributed by atoms with E-state index in [1.54, 1.807) is 6.08 Å². The Hall–Kier alpha value is -3.22. The minimum atomic E-state index is -0.826. The van der Waals surface area contributed by atoms with Crippen molar-refractivity contribution >= 4 is 11.9 Å². The topological polar surface area (TPSA) is 95.9 Å². The summed E-state index contributed by atoms with van der Waals surface area (Å²) in [5.74, 6) is -0.642. The molecule has 0 aromatic rings. The van der Waals surface area contributed by atoms with E-state index >= 15 is 0 Å². The zero-order valence-corrected chi connectivity index (χ0v) is 43.0. The van der Waals surface area contributed by atoms with Gasteiger partial charge in [0, 0.05) is 6.42 Å². The Morgan fingerprint density at radius 1 is 0.470 bits per heavy atom. The number of rotatable bonds is 48. The van der Waals surface area contributed by atoms with Crippen molar-refractivity contribution in [2.45, 2.75) is 264 Å². The van der Waals surface area contributed by atoms with Crippen LogP contribution in [0.2, 0.25) is 0 Å². The number of aliphatic hydroxyl groups is 2. The predicted octanol–water partition coefficient (Wildman–Crippen LogP) is 16.9. The molecule has 0 aromatic carbocycles. The molecule has 0 fully saturated rings. The number of esters is 1. The quantitative estimate of drug-likeness (QED) is 0.0321. The van der Waals surface area contributed by atoms with Crippen LogP contribution in [-0.4, -0.2) is 46.9 Å². The summed E-state index contributed by atoms with van der Waals surface area (Å²) in [6.45, 7) is 6.31. The van der Waals surface area contributed by atoms with E-state index in [0.29, 0.717) is 19.3 Å². The van der Waals surface area contributed by atoms with Gasteiger partial charge in [0.25, 0.3) is 0 Å². The smallest absolute Gasteiger partial charge is 0.306 e. The van der Waals surface area contributed by atoms with Crippen molar-refractivity contribution in [1.82, 2.24) is 5.32 Å². The maximum atomic E-state index is 13.2. The van der Waals surface area contributed by atoms with Gasteiger partial charge in [0.1, 0.15) is 6.10 Å². The molecule has 3 N–H and O–H groups in total. The molecule has 0 saturated carbocycles. The first kappa shape index (κ1) is 62.8. The lowest BCUT2D eigenvalue weighted by Crippen LogP contribution is -2.46. The zero-order chi connectivity index (χ0) is 48.1. The van der Waals surface area contributed by atoms with E-state index in [9.17, 15) is 19.8 Å². The standard InChI is InChI=1S/C60H103NO5/c1-4-7-10-13-16-19-22-25-27-29-31-34-36-39-42-45-48-51-56(66-60(65)53-50-47-44-41-38-35-32-30-28-26-23-20-17-14-11-8-5-2)54-59(64)61-57(55-62)58(63)52-49-46-43-40-37-33-24-21-18-15-12-9-6-3/h7,10,16-17,19-20,25-28,31,34,39,42,48,51,56-58,62-63H,4-6,8-9,11-15,18,21-24,29-30,32-33,35-38,40-41,43-47,49-50,52-55H2,1-3H3,(H,61,64)/b10-7-,19-16-,20-17-,27-25-,28-26-,34-31-,42-39-,51-48-.